The van der Waals surface area contributed by atoms with Gasteiger partial charge in [0.05, 0.1) is 11.4 Å². The highest BCUT2D eigenvalue weighted by atomic mass is 32.1. The van der Waals surface area contributed by atoms with Gasteiger partial charge >= 0.3 is 0 Å². The molecule has 1 aliphatic carbocycles. The molecule has 1 saturated carbocycles. The summed E-state index contributed by atoms with van der Waals surface area (Å²) in [4.78, 5) is 17.8. The van der Waals surface area contributed by atoms with Gasteiger partial charge < -0.3 is 4.90 Å². The average molecular weight is 264 g/mol. The Hall–Kier alpha value is -0.710. The van der Waals surface area contributed by atoms with E-state index in [9.17, 15) is 4.79 Å². The summed E-state index contributed by atoms with van der Waals surface area (Å²) < 4.78 is 0. The quantitative estimate of drug-likeness (QED) is 0.760. The molecule has 4 heteroatoms. The third kappa shape index (κ3) is 3.19. The summed E-state index contributed by atoms with van der Waals surface area (Å²) in [5.41, 5.74) is 0. The standard InChI is InChI=1S/C14H20N2OS/c17-13(14-2-1-9-18-14)11-16-7-5-15(6-8-16)10-12-3-4-12/h1-2,9,12H,3-8,10-11H2. The maximum absolute atomic E-state index is 12.0. The Morgan fingerprint density at radius 2 is 1.94 bits per heavy atom. The molecule has 1 aromatic heterocycles. The minimum absolute atomic E-state index is 0.278. The lowest BCUT2D eigenvalue weighted by Crippen LogP contribution is -2.48. The van der Waals surface area contributed by atoms with Gasteiger partial charge in [0.2, 0.25) is 0 Å². The summed E-state index contributed by atoms with van der Waals surface area (Å²) in [6.07, 6.45) is 2.86. The van der Waals surface area contributed by atoms with E-state index in [1.54, 1.807) is 11.3 Å². The number of piperazine rings is 1. The van der Waals surface area contributed by atoms with Gasteiger partial charge in [0.15, 0.2) is 5.78 Å². The van der Waals surface area contributed by atoms with Crippen molar-refractivity contribution in [3.8, 4) is 0 Å². The van der Waals surface area contributed by atoms with Crippen LogP contribution in [0.5, 0.6) is 0 Å². The zero-order valence-corrected chi connectivity index (χ0v) is 11.5. The molecule has 3 nitrogen and oxygen atoms in total. The predicted octanol–water partition coefficient (Wildman–Crippen LogP) is 1.96. The number of Topliss-reactive ketones (excluding diaryl/α,β-unsaturated/α-hetero) is 1. The summed E-state index contributed by atoms with van der Waals surface area (Å²) in [5.74, 6) is 1.25. The molecule has 0 bridgehead atoms. The Kier molecular flexibility index (Phi) is 3.77. The molecule has 0 atom stereocenters. The van der Waals surface area contributed by atoms with Crippen molar-refractivity contribution < 1.29 is 4.79 Å². The topological polar surface area (TPSA) is 23.6 Å². The molecule has 98 valence electrons. The molecule has 1 aliphatic heterocycles. The molecule has 1 saturated heterocycles. The lowest BCUT2D eigenvalue weighted by molar-refractivity contribution is 0.0851. The Balaban J connectivity index is 1.43. The molecule has 3 rings (SSSR count). The number of carbonyl (C=O) groups excluding carboxylic acids is 1. The fourth-order valence-corrected chi connectivity index (χ4v) is 3.17. The van der Waals surface area contributed by atoms with Crippen molar-refractivity contribution in [1.82, 2.24) is 9.80 Å². The fraction of sp³-hybridized carbons (Fsp3) is 0.643. The summed E-state index contributed by atoms with van der Waals surface area (Å²) in [7, 11) is 0. The Morgan fingerprint density at radius 3 is 2.56 bits per heavy atom. The first-order valence-electron chi connectivity index (χ1n) is 6.82. The smallest absolute Gasteiger partial charge is 0.186 e. The highest BCUT2D eigenvalue weighted by Crippen LogP contribution is 2.29. The Morgan fingerprint density at radius 1 is 1.22 bits per heavy atom. The SMILES string of the molecule is O=C(CN1CCN(CC2CC2)CC1)c1cccs1. The van der Waals surface area contributed by atoms with Crippen LogP contribution in [0, 0.1) is 5.92 Å². The van der Waals surface area contributed by atoms with E-state index in [2.05, 4.69) is 9.80 Å². The van der Waals surface area contributed by atoms with Crippen molar-refractivity contribution in [2.45, 2.75) is 12.8 Å². The van der Waals surface area contributed by atoms with Crippen LogP contribution >= 0.6 is 11.3 Å². The summed E-state index contributed by atoms with van der Waals surface area (Å²) in [6, 6.07) is 3.88. The lowest BCUT2D eigenvalue weighted by Gasteiger charge is -2.34. The van der Waals surface area contributed by atoms with Crippen LogP contribution in [0.15, 0.2) is 17.5 Å². The molecule has 0 aromatic carbocycles. The first-order chi connectivity index (χ1) is 8.81. The van der Waals surface area contributed by atoms with Crippen LogP contribution < -0.4 is 0 Å². The number of hydrogen-bond donors (Lipinski definition) is 0. The highest BCUT2D eigenvalue weighted by Gasteiger charge is 2.26. The van der Waals surface area contributed by atoms with E-state index in [4.69, 9.17) is 0 Å². The third-order valence-corrected chi connectivity index (χ3v) is 4.75. The normalized spacial score (nSPS) is 22.2. The van der Waals surface area contributed by atoms with Gasteiger partial charge in [-0.2, -0.15) is 0 Å². The molecule has 2 heterocycles. The molecule has 18 heavy (non-hydrogen) atoms. The molecular weight excluding hydrogens is 244 g/mol. The van der Waals surface area contributed by atoms with Crippen LogP contribution in [0.25, 0.3) is 0 Å². The molecule has 0 amide bonds. The molecular formula is C14H20N2OS. The Bertz CT molecular complexity index is 392. The second-order valence-electron chi connectivity index (χ2n) is 5.42. The monoisotopic (exact) mass is 264 g/mol. The van der Waals surface area contributed by atoms with Gasteiger partial charge in [-0.15, -0.1) is 11.3 Å². The van der Waals surface area contributed by atoms with E-state index in [0.29, 0.717) is 6.54 Å². The number of ketones is 1. The molecule has 0 spiro atoms. The molecule has 0 N–H and O–H groups in total. The van der Waals surface area contributed by atoms with E-state index in [0.717, 1.165) is 37.0 Å². The van der Waals surface area contributed by atoms with Crippen LogP contribution in [-0.2, 0) is 0 Å². The van der Waals surface area contributed by atoms with Crippen LogP contribution in [0.4, 0.5) is 0 Å². The summed E-state index contributed by atoms with van der Waals surface area (Å²) >= 11 is 1.55. The van der Waals surface area contributed by atoms with Gasteiger partial charge in [-0.25, -0.2) is 0 Å². The number of nitrogens with zero attached hydrogens (tertiary/aromatic N) is 2. The number of thiophene rings is 1. The van der Waals surface area contributed by atoms with Gasteiger partial charge in [-0.1, -0.05) is 6.07 Å². The van der Waals surface area contributed by atoms with Gasteiger partial charge in [0.1, 0.15) is 0 Å². The van der Waals surface area contributed by atoms with Crippen molar-refractivity contribution in [3.05, 3.63) is 22.4 Å². The van der Waals surface area contributed by atoms with Crippen molar-refractivity contribution in [1.29, 1.82) is 0 Å². The van der Waals surface area contributed by atoms with Crippen molar-refractivity contribution >= 4 is 17.1 Å². The van der Waals surface area contributed by atoms with Crippen LogP contribution in [0.2, 0.25) is 0 Å². The number of carbonyl (C=O) groups is 1. The maximum atomic E-state index is 12.0. The van der Waals surface area contributed by atoms with E-state index < -0.39 is 0 Å². The van der Waals surface area contributed by atoms with E-state index in [1.165, 1.54) is 19.4 Å². The average Bonchev–Trinajstić information content (AvgIpc) is 3.02. The van der Waals surface area contributed by atoms with Crippen LogP contribution in [0.1, 0.15) is 22.5 Å². The second kappa shape index (κ2) is 5.51. The minimum atomic E-state index is 0.278. The third-order valence-electron chi connectivity index (χ3n) is 3.84. The zero-order chi connectivity index (χ0) is 12.4. The lowest BCUT2D eigenvalue weighted by atomic mass is 10.2. The molecule has 0 radical (unpaired) electrons. The Labute approximate surface area is 112 Å². The second-order valence-corrected chi connectivity index (χ2v) is 6.37. The summed E-state index contributed by atoms with van der Waals surface area (Å²) in [5, 5.41) is 1.97. The largest absolute Gasteiger partial charge is 0.301 e. The van der Waals surface area contributed by atoms with Gasteiger partial charge in [-0.05, 0) is 30.2 Å². The van der Waals surface area contributed by atoms with Crippen LogP contribution in [-0.4, -0.2) is 54.9 Å². The van der Waals surface area contributed by atoms with Crippen molar-refractivity contribution in [3.63, 3.8) is 0 Å². The minimum Gasteiger partial charge on any atom is -0.301 e. The predicted molar refractivity (Wildman–Crippen MR) is 74.3 cm³/mol. The van der Waals surface area contributed by atoms with E-state index in [-0.39, 0.29) is 5.78 Å². The molecule has 2 fully saturated rings. The molecule has 2 aliphatic rings. The van der Waals surface area contributed by atoms with Gasteiger partial charge in [0.25, 0.3) is 0 Å². The van der Waals surface area contributed by atoms with Crippen molar-refractivity contribution in [2.24, 2.45) is 5.92 Å². The summed E-state index contributed by atoms with van der Waals surface area (Å²) in [6.45, 7) is 6.24. The fourth-order valence-electron chi connectivity index (χ4n) is 2.51. The number of hydrogen-bond acceptors (Lipinski definition) is 4. The first kappa shape index (κ1) is 12.3. The van der Waals surface area contributed by atoms with Gasteiger partial charge in [0, 0.05) is 32.7 Å². The van der Waals surface area contributed by atoms with E-state index >= 15 is 0 Å². The van der Waals surface area contributed by atoms with Crippen molar-refractivity contribution in [2.75, 3.05) is 39.3 Å². The molecule has 1 aromatic rings. The zero-order valence-electron chi connectivity index (χ0n) is 10.7. The van der Waals surface area contributed by atoms with Gasteiger partial charge in [-0.3, -0.25) is 9.69 Å². The molecule has 0 unspecified atom stereocenters. The highest BCUT2D eigenvalue weighted by molar-refractivity contribution is 7.12. The van der Waals surface area contributed by atoms with E-state index in [1.807, 2.05) is 17.5 Å². The van der Waals surface area contributed by atoms with Crippen LogP contribution in [0.3, 0.4) is 0 Å². The maximum Gasteiger partial charge on any atom is 0.186 e. The first-order valence-corrected chi connectivity index (χ1v) is 7.70. The number of rotatable bonds is 5.